The standard InChI is InChI=1S/C16H15FN2O2/c1-10-2-3-11-4-7-15(13(11)8-10)18-12-5-6-14(17)16(9-12)19(20)21/h2-3,5-6,8-9,15,18H,4,7H2,1H3. The first-order chi connectivity index (χ1) is 10.0. The molecule has 1 aliphatic rings. The van der Waals surface area contributed by atoms with Gasteiger partial charge < -0.3 is 5.32 Å². The molecule has 3 rings (SSSR count). The molecule has 0 amide bonds. The SMILES string of the molecule is Cc1ccc2c(c1)C(Nc1ccc(F)c([N+](=O)[O-])c1)CC2. The third-order valence-corrected chi connectivity index (χ3v) is 3.86. The lowest BCUT2D eigenvalue weighted by Crippen LogP contribution is -2.07. The third-order valence-electron chi connectivity index (χ3n) is 3.86. The van der Waals surface area contributed by atoms with Crippen LogP contribution < -0.4 is 5.32 Å². The van der Waals surface area contributed by atoms with Gasteiger partial charge in [0.05, 0.1) is 11.0 Å². The number of nitro benzene ring substituents is 1. The zero-order chi connectivity index (χ0) is 15.0. The number of nitro groups is 1. The summed E-state index contributed by atoms with van der Waals surface area (Å²) in [6, 6.07) is 10.4. The number of aryl methyl sites for hydroxylation is 2. The van der Waals surface area contributed by atoms with Gasteiger partial charge in [-0.25, -0.2) is 0 Å². The molecule has 21 heavy (non-hydrogen) atoms. The Kier molecular flexibility index (Phi) is 3.33. The van der Waals surface area contributed by atoms with Gasteiger partial charge in [-0.05, 0) is 43.0 Å². The van der Waals surface area contributed by atoms with Crippen LogP contribution in [0.5, 0.6) is 0 Å². The van der Waals surface area contributed by atoms with E-state index < -0.39 is 16.4 Å². The first-order valence-corrected chi connectivity index (χ1v) is 6.84. The fourth-order valence-corrected chi connectivity index (χ4v) is 2.82. The van der Waals surface area contributed by atoms with Crippen LogP contribution in [0.1, 0.15) is 29.2 Å². The number of hydrogen-bond acceptors (Lipinski definition) is 3. The maximum absolute atomic E-state index is 13.4. The van der Waals surface area contributed by atoms with E-state index in [1.54, 1.807) is 0 Å². The van der Waals surface area contributed by atoms with Crippen LogP contribution >= 0.6 is 0 Å². The number of nitrogens with zero attached hydrogens (tertiary/aromatic N) is 1. The summed E-state index contributed by atoms with van der Waals surface area (Å²) >= 11 is 0. The number of nitrogens with one attached hydrogen (secondary N) is 1. The van der Waals surface area contributed by atoms with Crippen molar-refractivity contribution < 1.29 is 9.31 Å². The van der Waals surface area contributed by atoms with E-state index in [0.717, 1.165) is 18.9 Å². The van der Waals surface area contributed by atoms with E-state index in [9.17, 15) is 14.5 Å². The van der Waals surface area contributed by atoms with Gasteiger partial charge in [-0.3, -0.25) is 10.1 Å². The second-order valence-electron chi connectivity index (χ2n) is 5.36. The second kappa shape index (κ2) is 5.16. The van der Waals surface area contributed by atoms with Gasteiger partial charge >= 0.3 is 5.69 Å². The Morgan fingerprint density at radius 3 is 2.86 bits per heavy atom. The predicted octanol–water partition coefficient (Wildman–Crippen LogP) is 4.14. The van der Waals surface area contributed by atoms with E-state index >= 15 is 0 Å². The monoisotopic (exact) mass is 286 g/mol. The van der Waals surface area contributed by atoms with Crippen molar-refractivity contribution in [2.75, 3.05) is 5.32 Å². The summed E-state index contributed by atoms with van der Waals surface area (Å²) in [4.78, 5) is 10.1. The van der Waals surface area contributed by atoms with Gasteiger partial charge in [0.1, 0.15) is 0 Å². The van der Waals surface area contributed by atoms with Crippen LogP contribution in [0.3, 0.4) is 0 Å². The molecule has 1 atom stereocenters. The molecule has 0 saturated carbocycles. The summed E-state index contributed by atoms with van der Waals surface area (Å²) in [5.41, 5.74) is 3.79. The Hall–Kier alpha value is -2.43. The molecule has 2 aromatic rings. The van der Waals surface area contributed by atoms with Crippen molar-refractivity contribution >= 4 is 11.4 Å². The molecule has 4 nitrogen and oxygen atoms in total. The highest BCUT2D eigenvalue weighted by Gasteiger charge is 2.23. The van der Waals surface area contributed by atoms with Crippen LogP contribution in [0.4, 0.5) is 15.8 Å². The molecule has 0 aromatic heterocycles. The molecule has 0 bridgehead atoms. The number of benzene rings is 2. The maximum atomic E-state index is 13.4. The quantitative estimate of drug-likeness (QED) is 0.681. The van der Waals surface area contributed by atoms with E-state index in [2.05, 4.69) is 23.5 Å². The molecule has 0 aliphatic heterocycles. The molecule has 0 heterocycles. The fourth-order valence-electron chi connectivity index (χ4n) is 2.82. The Morgan fingerprint density at radius 2 is 2.10 bits per heavy atom. The summed E-state index contributed by atoms with van der Waals surface area (Å²) in [5, 5.41) is 14.1. The molecule has 0 saturated heterocycles. The largest absolute Gasteiger partial charge is 0.378 e. The maximum Gasteiger partial charge on any atom is 0.306 e. The lowest BCUT2D eigenvalue weighted by molar-refractivity contribution is -0.387. The lowest BCUT2D eigenvalue weighted by Gasteiger charge is -2.16. The Bertz CT molecular complexity index is 715. The summed E-state index contributed by atoms with van der Waals surface area (Å²) in [7, 11) is 0. The van der Waals surface area contributed by atoms with Crippen LogP contribution in [0.25, 0.3) is 0 Å². The van der Waals surface area contributed by atoms with Gasteiger partial charge in [-0.2, -0.15) is 4.39 Å². The van der Waals surface area contributed by atoms with Crippen molar-refractivity contribution in [2.45, 2.75) is 25.8 Å². The highest BCUT2D eigenvalue weighted by Crippen LogP contribution is 2.35. The lowest BCUT2D eigenvalue weighted by atomic mass is 10.0. The molecular weight excluding hydrogens is 271 g/mol. The molecule has 2 aromatic carbocycles. The van der Waals surface area contributed by atoms with Gasteiger partial charge in [0.15, 0.2) is 0 Å². The van der Waals surface area contributed by atoms with Crippen LogP contribution in [-0.2, 0) is 6.42 Å². The molecule has 1 N–H and O–H groups in total. The number of halogens is 1. The fraction of sp³-hybridized carbons (Fsp3) is 0.250. The van der Waals surface area contributed by atoms with E-state index in [4.69, 9.17) is 0 Å². The zero-order valence-corrected chi connectivity index (χ0v) is 11.6. The van der Waals surface area contributed by atoms with Crippen molar-refractivity contribution in [3.05, 3.63) is 69.0 Å². The Balaban J connectivity index is 1.88. The average Bonchev–Trinajstić information content (AvgIpc) is 2.83. The molecular formula is C16H15FN2O2. The second-order valence-corrected chi connectivity index (χ2v) is 5.36. The summed E-state index contributed by atoms with van der Waals surface area (Å²) < 4.78 is 13.4. The summed E-state index contributed by atoms with van der Waals surface area (Å²) in [5.74, 6) is -0.812. The minimum Gasteiger partial charge on any atom is -0.378 e. The van der Waals surface area contributed by atoms with Crippen molar-refractivity contribution in [3.63, 3.8) is 0 Å². The van der Waals surface area contributed by atoms with E-state index in [1.807, 2.05) is 6.92 Å². The number of anilines is 1. The highest BCUT2D eigenvalue weighted by atomic mass is 19.1. The van der Waals surface area contributed by atoms with Crippen molar-refractivity contribution in [3.8, 4) is 0 Å². The van der Waals surface area contributed by atoms with E-state index in [1.165, 1.54) is 28.8 Å². The van der Waals surface area contributed by atoms with Gasteiger partial charge in [-0.1, -0.05) is 23.8 Å². The van der Waals surface area contributed by atoms with Crippen LogP contribution in [0.2, 0.25) is 0 Å². The number of hydrogen-bond donors (Lipinski definition) is 1. The van der Waals surface area contributed by atoms with Crippen LogP contribution in [0.15, 0.2) is 36.4 Å². The average molecular weight is 286 g/mol. The van der Waals surface area contributed by atoms with Crippen LogP contribution in [-0.4, -0.2) is 4.92 Å². The molecule has 0 spiro atoms. The Labute approximate surface area is 121 Å². The van der Waals surface area contributed by atoms with Crippen molar-refractivity contribution in [1.29, 1.82) is 0 Å². The summed E-state index contributed by atoms with van der Waals surface area (Å²) in [6.45, 7) is 2.04. The predicted molar refractivity (Wildman–Crippen MR) is 78.9 cm³/mol. The Morgan fingerprint density at radius 1 is 1.29 bits per heavy atom. The first kappa shape index (κ1) is 13.5. The molecule has 0 fully saturated rings. The van der Waals surface area contributed by atoms with Gasteiger partial charge in [-0.15, -0.1) is 0 Å². The minimum atomic E-state index is -0.812. The zero-order valence-electron chi connectivity index (χ0n) is 11.6. The topological polar surface area (TPSA) is 55.2 Å². The van der Waals surface area contributed by atoms with E-state index in [-0.39, 0.29) is 6.04 Å². The van der Waals surface area contributed by atoms with Gasteiger partial charge in [0, 0.05) is 11.8 Å². The van der Waals surface area contributed by atoms with E-state index in [0.29, 0.717) is 5.69 Å². The van der Waals surface area contributed by atoms with Crippen LogP contribution in [0, 0.1) is 22.9 Å². The molecule has 1 aliphatic carbocycles. The first-order valence-electron chi connectivity index (χ1n) is 6.84. The minimum absolute atomic E-state index is 0.116. The molecule has 0 radical (unpaired) electrons. The van der Waals surface area contributed by atoms with Gasteiger partial charge in [0.2, 0.25) is 5.82 Å². The normalized spacial score (nSPS) is 16.6. The highest BCUT2D eigenvalue weighted by molar-refractivity contribution is 5.54. The van der Waals surface area contributed by atoms with Gasteiger partial charge in [0.25, 0.3) is 0 Å². The molecule has 1 unspecified atom stereocenters. The van der Waals surface area contributed by atoms with Crippen molar-refractivity contribution in [2.24, 2.45) is 0 Å². The molecule has 5 heteroatoms. The smallest absolute Gasteiger partial charge is 0.306 e. The number of fused-ring (bicyclic) bond motifs is 1. The summed E-state index contributed by atoms with van der Waals surface area (Å²) in [6.07, 6.45) is 1.92. The number of rotatable bonds is 3. The third kappa shape index (κ3) is 2.59. The van der Waals surface area contributed by atoms with Crippen molar-refractivity contribution in [1.82, 2.24) is 0 Å². The molecule has 108 valence electrons.